The van der Waals surface area contributed by atoms with E-state index in [0.29, 0.717) is 12.2 Å². The Labute approximate surface area is 80.0 Å². The first-order valence-electron chi connectivity index (χ1n) is 5.19. The Morgan fingerprint density at radius 2 is 1.85 bits per heavy atom. The third kappa shape index (κ3) is 2.42. The summed E-state index contributed by atoms with van der Waals surface area (Å²) >= 11 is 0. The highest BCUT2D eigenvalue weighted by Gasteiger charge is 2.31. The van der Waals surface area contributed by atoms with Gasteiger partial charge < -0.3 is 9.47 Å². The van der Waals surface area contributed by atoms with Crippen LogP contribution in [0.2, 0.25) is 0 Å². The van der Waals surface area contributed by atoms with E-state index < -0.39 is 0 Å². The van der Waals surface area contributed by atoms with E-state index in [-0.39, 0.29) is 0 Å². The average molecular weight is 185 g/mol. The largest absolute Gasteiger partial charge is 0.376 e. The van der Waals surface area contributed by atoms with Gasteiger partial charge in [-0.15, -0.1) is 0 Å². The number of hydrogen-bond acceptors (Lipinski definition) is 3. The summed E-state index contributed by atoms with van der Waals surface area (Å²) in [6.45, 7) is 9.39. The molecule has 2 bridgehead atoms. The molecular formula is C10H19NO2. The highest BCUT2D eigenvalue weighted by molar-refractivity contribution is 4.81. The Bertz CT molecular complexity index is 160. The summed E-state index contributed by atoms with van der Waals surface area (Å²) in [7, 11) is 0. The van der Waals surface area contributed by atoms with E-state index in [1.165, 1.54) is 6.54 Å². The molecular weight excluding hydrogens is 166 g/mol. The fourth-order valence-corrected chi connectivity index (χ4v) is 2.19. The minimum absolute atomic E-state index is 0.325. The van der Waals surface area contributed by atoms with Gasteiger partial charge in [0.25, 0.3) is 0 Å². The number of hydrogen-bond donors (Lipinski definition) is 0. The molecule has 3 nitrogen and oxygen atoms in total. The Kier molecular flexibility index (Phi) is 2.86. The van der Waals surface area contributed by atoms with Crippen LogP contribution in [0, 0.1) is 5.92 Å². The Hall–Kier alpha value is -0.120. The molecule has 0 aromatic rings. The highest BCUT2D eigenvalue weighted by atomic mass is 16.6. The molecule has 0 N–H and O–H groups in total. The smallest absolute Gasteiger partial charge is 0.0940 e. The summed E-state index contributed by atoms with van der Waals surface area (Å²) in [5, 5.41) is 0. The first-order chi connectivity index (χ1) is 6.24. The fraction of sp³-hybridized carbons (Fsp3) is 1.00. The molecule has 2 atom stereocenters. The van der Waals surface area contributed by atoms with Gasteiger partial charge in [-0.3, -0.25) is 4.90 Å². The standard InChI is InChI=1S/C10H19NO2/c1-8(2)3-11-4-9-6-12-7-10(5-11)13-9/h8-10H,3-7H2,1-2H3. The zero-order chi connectivity index (χ0) is 9.26. The van der Waals surface area contributed by atoms with Gasteiger partial charge in [-0.2, -0.15) is 0 Å². The van der Waals surface area contributed by atoms with Crippen molar-refractivity contribution >= 4 is 0 Å². The first-order valence-corrected chi connectivity index (χ1v) is 5.19. The van der Waals surface area contributed by atoms with Crippen LogP contribution in [0.3, 0.4) is 0 Å². The van der Waals surface area contributed by atoms with Gasteiger partial charge in [0.1, 0.15) is 0 Å². The molecule has 0 aliphatic carbocycles. The zero-order valence-corrected chi connectivity index (χ0v) is 8.53. The molecule has 0 amide bonds. The van der Waals surface area contributed by atoms with Crippen LogP contribution in [0.15, 0.2) is 0 Å². The number of fused-ring (bicyclic) bond motifs is 2. The summed E-state index contributed by atoms with van der Waals surface area (Å²) in [5.41, 5.74) is 0. The monoisotopic (exact) mass is 185 g/mol. The van der Waals surface area contributed by atoms with Crippen molar-refractivity contribution in [3.63, 3.8) is 0 Å². The maximum absolute atomic E-state index is 5.77. The van der Waals surface area contributed by atoms with Crippen LogP contribution < -0.4 is 0 Å². The molecule has 0 aromatic heterocycles. The quantitative estimate of drug-likeness (QED) is 0.633. The van der Waals surface area contributed by atoms with Crippen molar-refractivity contribution in [3.05, 3.63) is 0 Å². The molecule has 76 valence electrons. The number of nitrogens with zero attached hydrogens (tertiary/aromatic N) is 1. The molecule has 3 heteroatoms. The molecule has 2 aliphatic heterocycles. The van der Waals surface area contributed by atoms with Crippen molar-refractivity contribution in [2.75, 3.05) is 32.8 Å². The van der Waals surface area contributed by atoms with Crippen molar-refractivity contribution in [3.8, 4) is 0 Å². The Morgan fingerprint density at radius 1 is 1.23 bits per heavy atom. The van der Waals surface area contributed by atoms with E-state index in [1.807, 2.05) is 0 Å². The number of rotatable bonds is 2. The lowest BCUT2D eigenvalue weighted by atomic mass is 10.1. The number of morpholine rings is 1. The SMILES string of the molecule is CC(C)CN1CC2COCC(C1)O2. The van der Waals surface area contributed by atoms with Crippen LogP contribution >= 0.6 is 0 Å². The summed E-state index contributed by atoms with van der Waals surface area (Å²) < 4.78 is 11.2. The molecule has 2 rings (SSSR count). The average Bonchev–Trinajstić information content (AvgIpc) is 2.01. The van der Waals surface area contributed by atoms with Crippen LogP contribution in [-0.4, -0.2) is 50.0 Å². The van der Waals surface area contributed by atoms with Crippen LogP contribution in [0.5, 0.6) is 0 Å². The van der Waals surface area contributed by atoms with Gasteiger partial charge in [-0.1, -0.05) is 13.8 Å². The molecule has 13 heavy (non-hydrogen) atoms. The van der Waals surface area contributed by atoms with Gasteiger partial charge >= 0.3 is 0 Å². The molecule has 0 saturated carbocycles. The van der Waals surface area contributed by atoms with Crippen molar-refractivity contribution in [2.45, 2.75) is 26.1 Å². The van der Waals surface area contributed by atoms with Gasteiger partial charge in [-0.05, 0) is 5.92 Å². The molecule has 0 spiro atoms. The second-order valence-electron chi connectivity index (χ2n) is 4.53. The zero-order valence-electron chi connectivity index (χ0n) is 8.53. The van der Waals surface area contributed by atoms with E-state index in [1.54, 1.807) is 0 Å². The second-order valence-corrected chi connectivity index (χ2v) is 4.53. The van der Waals surface area contributed by atoms with Gasteiger partial charge in [-0.25, -0.2) is 0 Å². The predicted octanol–water partition coefficient (Wildman–Crippen LogP) is 0.742. The van der Waals surface area contributed by atoms with Gasteiger partial charge in [0.15, 0.2) is 0 Å². The lowest BCUT2D eigenvalue weighted by Gasteiger charge is -2.41. The van der Waals surface area contributed by atoms with Gasteiger partial charge in [0, 0.05) is 19.6 Å². The minimum atomic E-state index is 0.325. The van der Waals surface area contributed by atoms with Crippen molar-refractivity contribution < 1.29 is 9.47 Å². The van der Waals surface area contributed by atoms with Crippen LogP contribution in [-0.2, 0) is 9.47 Å². The normalized spacial score (nSPS) is 35.3. The van der Waals surface area contributed by atoms with Gasteiger partial charge in [0.05, 0.1) is 25.4 Å². The Balaban J connectivity index is 1.86. The molecule has 0 aromatic carbocycles. The molecule has 2 fully saturated rings. The van der Waals surface area contributed by atoms with Gasteiger partial charge in [0.2, 0.25) is 0 Å². The highest BCUT2D eigenvalue weighted by Crippen LogP contribution is 2.17. The van der Waals surface area contributed by atoms with Crippen LogP contribution in [0.25, 0.3) is 0 Å². The van der Waals surface area contributed by atoms with Crippen LogP contribution in [0.4, 0.5) is 0 Å². The third-order valence-corrected chi connectivity index (χ3v) is 2.54. The first kappa shape index (κ1) is 9.44. The predicted molar refractivity (Wildman–Crippen MR) is 50.8 cm³/mol. The Morgan fingerprint density at radius 3 is 2.38 bits per heavy atom. The van der Waals surface area contributed by atoms with Crippen molar-refractivity contribution in [1.82, 2.24) is 4.90 Å². The van der Waals surface area contributed by atoms with E-state index in [4.69, 9.17) is 9.47 Å². The maximum atomic E-state index is 5.77. The lowest BCUT2D eigenvalue weighted by Crippen LogP contribution is -2.54. The summed E-state index contributed by atoms with van der Waals surface area (Å²) in [6, 6.07) is 0. The summed E-state index contributed by atoms with van der Waals surface area (Å²) in [4.78, 5) is 2.51. The second kappa shape index (κ2) is 3.95. The minimum Gasteiger partial charge on any atom is -0.376 e. The van der Waals surface area contributed by atoms with E-state index in [0.717, 1.165) is 32.2 Å². The third-order valence-electron chi connectivity index (χ3n) is 2.54. The van der Waals surface area contributed by atoms with Crippen molar-refractivity contribution in [2.24, 2.45) is 5.92 Å². The van der Waals surface area contributed by atoms with E-state index >= 15 is 0 Å². The van der Waals surface area contributed by atoms with Crippen molar-refractivity contribution in [1.29, 1.82) is 0 Å². The topological polar surface area (TPSA) is 21.7 Å². The molecule has 2 unspecified atom stereocenters. The number of ether oxygens (including phenoxy) is 2. The summed E-state index contributed by atoms with van der Waals surface area (Å²) in [6.07, 6.45) is 0.650. The molecule has 0 radical (unpaired) electrons. The summed E-state index contributed by atoms with van der Waals surface area (Å²) in [5.74, 6) is 0.750. The fourth-order valence-electron chi connectivity index (χ4n) is 2.19. The molecule has 2 saturated heterocycles. The molecule has 2 heterocycles. The molecule has 2 aliphatic rings. The van der Waals surface area contributed by atoms with E-state index in [2.05, 4.69) is 18.7 Å². The van der Waals surface area contributed by atoms with Crippen LogP contribution in [0.1, 0.15) is 13.8 Å². The van der Waals surface area contributed by atoms with E-state index in [9.17, 15) is 0 Å². The maximum Gasteiger partial charge on any atom is 0.0940 e. The lowest BCUT2D eigenvalue weighted by molar-refractivity contribution is -0.180.